The van der Waals surface area contributed by atoms with Crippen molar-refractivity contribution in [2.45, 2.75) is 83.0 Å². The molecule has 3 spiro atoms. The first kappa shape index (κ1) is 16.7. The summed E-state index contributed by atoms with van der Waals surface area (Å²) >= 11 is 0. The van der Waals surface area contributed by atoms with E-state index < -0.39 is 11.4 Å². The van der Waals surface area contributed by atoms with Gasteiger partial charge >= 0.3 is 0 Å². The zero-order valence-electron chi connectivity index (χ0n) is 15.7. The molecule has 140 valence electrons. The number of rotatable bonds is 2. The summed E-state index contributed by atoms with van der Waals surface area (Å²) in [5.41, 5.74) is -0.706. The summed E-state index contributed by atoms with van der Waals surface area (Å²) in [5, 5.41) is 12.2. The molecule has 4 aliphatic carbocycles. The van der Waals surface area contributed by atoms with Crippen molar-refractivity contribution in [3.05, 3.63) is 0 Å². The number of aldehydes is 1. The molecule has 4 saturated carbocycles. The van der Waals surface area contributed by atoms with Gasteiger partial charge in [0, 0.05) is 24.2 Å². The van der Waals surface area contributed by atoms with Gasteiger partial charge in [-0.1, -0.05) is 13.8 Å². The zero-order chi connectivity index (χ0) is 17.6. The van der Waals surface area contributed by atoms with Gasteiger partial charge in [-0.25, -0.2) is 0 Å². The van der Waals surface area contributed by atoms with Gasteiger partial charge in [-0.05, 0) is 61.7 Å². The number of hydrogen-bond donors (Lipinski definition) is 1. The van der Waals surface area contributed by atoms with E-state index in [1.165, 1.54) is 25.7 Å². The average molecular weight is 348 g/mol. The molecule has 5 atom stereocenters. The SMILES string of the molecule is C[C@H]1C2(CCC[C@@]13C[C@]1(C)CCC4(CC4)[C@@H]1[C@@]3(O)CC=O)OCCO2. The predicted octanol–water partition coefficient (Wildman–Crippen LogP) is 3.46. The Labute approximate surface area is 150 Å². The summed E-state index contributed by atoms with van der Waals surface area (Å²) in [5.74, 6) is -0.156. The fourth-order valence-electron chi connectivity index (χ4n) is 8.35. The van der Waals surface area contributed by atoms with E-state index in [1.54, 1.807) is 0 Å². The van der Waals surface area contributed by atoms with Crippen LogP contribution in [0.25, 0.3) is 0 Å². The number of aliphatic hydroxyl groups is 1. The first-order valence-electron chi connectivity index (χ1n) is 10.3. The summed E-state index contributed by atoms with van der Waals surface area (Å²) < 4.78 is 12.3. The summed E-state index contributed by atoms with van der Waals surface area (Å²) in [4.78, 5) is 11.7. The predicted molar refractivity (Wildman–Crippen MR) is 92.8 cm³/mol. The van der Waals surface area contributed by atoms with Crippen molar-refractivity contribution < 1.29 is 19.4 Å². The zero-order valence-corrected chi connectivity index (χ0v) is 15.7. The Balaban J connectivity index is 1.63. The Kier molecular flexibility index (Phi) is 3.26. The molecule has 1 saturated heterocycles. The molecule has 0 aromatic rings. The first-order valence-corrected chi connectivity index (χ1v) is 10.3. The Hall–Kier alpha value is -0.450. The topological polar surface area (TPSA) is 55.8 Å². The number of carbonyl (C=O) groups excluding carboxylic acids is 1. The van der Waals surface area contributed by atoms with E-state index in [-0.39, 0.29) is 29.1 Å². The van der Waals surface area contributed by atoms with Crippen LogP contribution in [0.15, 0.2) is 0 Å². The van der Waals surface area contributed by atoms with Crippen LogP contribution in [0.5, 0.6) is 0 Å². The van der Waals surface area contributed by atoms with Crippen LogP contribution in [0.3, 0.4) is 0 Å². The van der Waals surface area contributed by atoms with Crippen molar-refractivity contribution in [3.63, 3.8) is 0 Å². The lowest BCUT2D eigenvalue weighted by atomic mass is 9.54. The van der Waals surface area contributed by atoms with Crippen LogP contribution in [-0.2, 0) is 14.3 Å². The fourth-order valence-corrected chi connectivity index (χ4v) is 8.35. The number of carbonyl (C=O) groups is 1. The molecule has 1 heterocycles. The van der Waals surface area contributed by atoms with Crippen LogP contribution < -0.4 is 0 Å². The molecule has 4 nitrogen and oxygen atoms in total. The van der Waals surface area contributed by atoms with E-state index in [1.807, 2.05) is 0 Å². The summed E-state index contributed by atoms with van der Waals surface area (Å²) in [7, 11) is 0. The maximum Gasteiger partial charge on any atom is 0.171 e. The second-order valence-electron chi connectivity index (χ2n) is 10.2. The second-order valence-corrected chi connectivity index (χ2v) is 10.2. The third kappa shape index (κ3) is 1.82. The lowest BCUT2D eigenvalue weighted by molar-refractivity contribution is -0.272. The molecule has 0 unspecified atom stereocenters. The van der Waals surface area contributed by atoms with E-state index in [2.05, 4.69) is 13.8 Å². The number of ether oxygens (including phenoxy) is 2. The van der Waals surface area contributed by atoms with Crippen LogP contribution in [0.1, 0.15) is 71.6 Å². The third-order valence-corrected chi connectivity index (χ3v) is 9.26. The molecular weight excluding hydrogens is 316 g/mol. The van der Waals surface area contributed by atoms with Crippen LogP contribution in [-0.4, -0.2) is 36.0 Å². The minimum atomic E-state index is -0.904. The van der Waals surface area contributed by atoms with Gasteiger partial charge in [0.2, 0.25) is 0 Å². The highest BCUT2D eigenvalue weighted by molar-refractivity contribution is 5.53. The van der Waals surface area contributed by atoms with Gasteiger partial charge in [0.15, 0.2) is 5.79 Å². The van der Waals surface area contributed by atoms with Crippen molar-refractivity contribution >= 4 is 6.29 Å². The highest BCUT2D eigenvalue weighted by Crippen LogP contribution is 2.81. The monoisotopic (exact) mass is 348 g/mol. The summed E-state index contributed by atoms with van der Waals surface area (Å²) in [6.07, 6.45) is 10.1. The number of fused-ring (bicyclic) bond motifs is 2. The molecule has 0 radical (unpaired) electrons. The van der Waals surface area contributed by atoms with Crippen molar-refractivity contribution in [3.8, 4) is 0 Å². The van der Waals surface area contributed by atoms with Crippen LogP contribution >= 0.6 is 0 Å². The molecule has 0 aromatic carbocycles. The highest BCUT2D eigenvalue weighted by Gasteiger charge is 2.79. The maximum atomic E-state index is 12.2. The van der Waals surface area contributed by atoms with Crippen LogP contribution in [0.2, 0.25) is 0 Å². The molecule has 5 aliphatic rings. The fraction of sp³-hybridized carbons (Fsp3) is 0.952. The quantitative estimate of drug-likeness (QED) is 0.777. The third-order valence-electron chi connectivity index (χ3n) is 9.26. The standard InChI is InChI=1S/C21H32O4/c1-15-19(4-3-5-21(15)24-12-13-25-21)14-17(2)6-7-18(8-9-18)16(17)20(19,23)10-11-22/h11,15-16,23H,3-10,12-14H2,1-2H3/t15-,16-,17+,19-,20+/m1/s1. The van der Waals surface area contributed by atoms with Gasteiger partial charge in [-0.15, -0.1) is 0 Å². The second kappa shape index (κ2) is 4.88. The molecule has 1 aliphatic heterocycles. The van der Waals surface area contributed by atoms with Gasteiger partial charge < -0.3 is 19.4 Å². The van der Waals surface area contributed by atoms with Crippen molar-refractivity contribution in [2.75, 3.05) is 13.2 Å². The largest absolute Gasteiger partial charge is 0.389 e. The van der Waals surface area contributed by atoms with Crippen molar-refractivity contribution in [1.29, 1.82) is 0 Å². The van der Waals surface area contributed by atoms with E-state index in [4.69, 9.17) is 9.47 Å². The average Bonchev–Trinajstić information content (AvgIpc) is 2.99. The summed E-state index contributed by atoms with van der Waals surface area (Å²) in [6, 6.07) is 0. The number of hydrogen-bond acceptors (Lipinski definition) is 4. The van der Waals surface area contributed by atoms with E-state index >= 15 is 0 Å². The first-order chi connectivity index (χ1) is 11.9. The lowest BCUT2D eigenvalue weighted by Gasteiger charge is -2.56. The highest BCUT2D eigenvalue weighted by atomic mass is 16.7. The van der Waals surface area contributed by atoms with Gasteiger partial charge in [0.1, 0.15) is 6.29 Å². The van der Waals surface area contributed by atoms with Gasteiger partial charge in [0.05, 0.1) is 18.8 Å². The van der Waals surface area contributed by atoms with E-state index in [0.29, 0.717) is 18.6 Å². The van der Waals surface area contributed by atoms with E-state index in [9.17, 15) is 9.90 Å². The maximum absolute atomic E-state index is 12.2. The normalized spacial score (nSPS) is 52.1. The molecular formula is C21H32O4. The Morgan fingerprint density at radius 2 is 1.76 bits per heavy atom. The summed E-state index contributed by atoms with van der Waals surface area (Å²) in [6.45, 7) is 5.91. The molecule has 5 rings (SSSR count). The minimum absolute atomic E-state index is 0.124. The minimum Gasteiger partial charge on any atom is -0.389 e. The molecule has 0 bridgehead atoms. The lowest BCUT2D eigenvalue weighted by Crippen LogP contribution is -2.61. The molecule has 0 aromatic heterocycles. The van der Waals surface area contributed by atoms with Crippen molar-refractivity contribution in [2.24, 2.45) is 28.1 Å². The Morgan fingerprint density at radius 3 is 2.40 bits per heavy atom. The molecule has 25 heavy (non-hydrogen) atoms. The molecule has 5 fully saturated rings. The Morgan fingerprint density at radius 1 is 1.08 bits per heavy atom. The van der Waals surface area contributed by atoms with Crippen molar-refractivity contribution in [1.82, 2.24) is 0 Å². The van der Waals surface area contributed by atoms with Gasteiger partial charge in [-0.3, -0.25) is 0 Å². The van der Waals surface area contributed by atoms with Gasteiger partial charge in [0.25, 0.3) is 0 Å². The smallest absolute Gasteiger partial charge is 0.171 e. The molecule has 1 N–H and O–H groups in total. The van der Waals surface area contributed by atoms with Crippen LogP contribution in [0, 0.1) is 28.1 Å². The Bertz CT molecular complexity index is 593. The van der Waals surface area contributed by atoms with E-state index in [0.717, 1.165) is 32.0 Å². The van der Waals surface area contributed by atoms with Crippen LogP contribution in [0.4, 0.5) is 0 Å². The van der Waals surface area contributed by atoms with Gasteiger partial charge in [-0.2, -0.15) is 0 Å². The molecule has 0 amide bonds. The molecule has 4 heteroatoms.